The quantitative estimate of drug-likeness (QED) is 0.340. The van der Waals surface area contributed by atoms with Crippen LogP contribution in [0.2, 0.25) is 0 Å². The fourth-order valence-corrected chi connectivity index (χ4v) is 3.47. The Balaban J connectivity index is 2.00. The Labute approximate surface area is 163 Å². The first-order valence-corrected chi connectivity index (χ1v) is 8.97. The maximum atomic E-state index is 12.5. The van der Waals surface area contributed by atoms with E-state index in [2.05, 4.69) is 0 Å². The predicted molar refractivity (Wildman–Crippen MR) is 112 cm³/mol. The molecule has 0 amide bonds. The van der Waals surface area contributed by atoms with Gasteiger partial charge >= 0.3 is 5.97 Å². The highest BCUT2D eigenvalue weighted by Gasteiger charge is 2.16. The van der Waals surface area contributed by atoms with Crippen molar-refractivity contribution in [1.29, 1.82) is 0 Å². The largest absolute Gasteiger partial charge is 0.465 e. The molecule has 3 nitrogen and oxygen atoms in total. The summed E-state index contributed by atoms with van der Waals surface area (Å²) in [6.45, 7) is 0. The molecule has 0 aliphatic rings. The molecule has 0 saturated heterocycles. The monoisotopic (exact) mass is 366 g/mol. The predicted octanol–water partition coefficient (Wildman–Crippen LogP) is 5.77. The van der Waals surface area contributed by atoms with Crippen molar-refractivity contribution in [3.05, 3.63) is 96.1 Å². The summed E-state index contributed by atoms with van der Waals surface area (Å²) in [7, 11) is 1.38. The van der Waals surface area contributed by atoms with Crippen molar-refractivity contribution in [1.82, 2.24) is 0 Å². The van der Waals surface area contributed by atoms with Crippen LogP contribution in [0.4, 0.5) is 0 Å². The smallest absolute Gasteiger partial charge is 0.338 e. The third kappa shape index (κ3) is 3.19. The summed E-state index contributed by atoms with van der Waals surface area (Å²) in [6.07, 6.45) is 0.873. The zero-order valence-electron chi connectivity index (χ0n) is 15.4. The molecule has 0 fully saturated rings. The van der Waals surface area contributed by atoms with Crippen LogP contribution in [0.25, 0.3) is 33.0 Å². The molecule has 0 saturated carbocycles. The number of carbonyl (C=O) groups excluding carboxylic acids is 2. The van der Waals surface area contributed by atoms with Gasteiger partial charge in [0.15, 0.2) is 6.29 Å². The second-order valence-corrected chi connectivity index (χ2v) is 6.53. The molecular formula is C25H18O3. The molecule has 0 aliphatic carbocycles. The van der Waals surface area contributed by atoms with E-state index in [9.17, 15) is 9.59 Å². The second-order valence-electron chi connectivity index (χ2n) is 6.53. The molecule has 0 aromatic heterocycles. The molecule has 0 N–H and O–H groups in total. The fourth-order valence-electron chi connectivity index (χ4n) is 3.47. The van der Waals surface area contributed by atoms with E-state index in [1.807, 2.05) is 84.9 Å². The summed E-state index contributed by atoms with van der Waals surface area (Å²) < 4.78 is 5.01. The van der Waals surface area contributed by atoms with Crippen molar-refractivity contribution in [2.75, 3.05) is 7.11 Å². The van der Waals surface area contributed by atoms with Crippen LogP contribution >= 0.6 is 0 Å². The molecular weight excluding hydrogens is 348 g/mol. The summed E-state index contributed by atoms with van der Waals surface area (Å²) in [5.74, 6) is -0.388. The van der Waals surface area contributed by atoms with E-state index in [-0.39, 0.29) is 5.97 Å². The van der Waals surface area contributed by atoms with Crippen LogP contribution in [-0.4, -0.2) is 19.4 Å². The molecule has 3 heteroatoms. The Morgan fingerprint density at radius 3 is 1.86 bits per heavy atom. The highest BCUT2D eigenvalue weighted by molar-refractivity contribution is 6.05. The SMILES string of the molecule is COC(=O)c1cc2cc(-c3ccccc3)c(C=O)cc2cc1-c1ccccc1. The molecule has 28 heavy (non-hydrogen) atoms. The minimum atomic E-state index is -0.388. The first-order chi connectivity index (χ1) is 13.7. The van der Waals surface area contributed by atoms with E-state index in [1.165, 1.54) is 7.11 Å². The number of benzene rings is 4. The van der Waals surface area contributed by atoms with Crippen molar-refractivity contribution in [2.45, 2.75) is 0 Å². The van der Waals surface area contributed by atoms with Gasteiger partial charge in [-0.15, -0.1) is 0 Å². The number of hydrogen-bond donors (Lipinski definition) is 0. The van der Waals surface area contributed by atoms with Gasteiger partial charge in [-0.2, -0.15) is 0 Å². The second kappa shape index (κ2) is 7.49. The van der Waals surface area contributed by atoms with Crippen molar-refractivity contribution < 1.29 is 14.3 Å². The first kappa shape index (κ1) is 17.7. The molecule has 0 bridgehead atoms. The van der Waals surface area contributed by atoms with E-state index < -0.39 is 0 Å². The van der Waals surface area contributed by atoms with E-state index in [1.54, 1.807) is 0 Å². The maximum Gasteiger partial charge on any atom is 0.338 e. The third-order valence-electron chi connectivity index (χ3n) is 4.85. The Morgan fingerprint density at radius 1 is 0.750 bits per heavy atom. The minimum absolute atomic E-state index is 0.388. The van der Waals surface area contributed by atoms with Gasteiger partial charge in [-0.25, -0.2) is 4.79 Å². The molecule has 4 aromatic rings. The van der Waals surface area contributed by atoms with Gasteiger partial charge in [0.05, 0.1) is 12.7 Å². The van der Waals surface area contributed by atoms with Crippen molar-refractivity contribution in [3.8, 4) is 22.3 Å². The van der Waals surface area contributed by atoms with Crippen LogP contribution < -0.4 is 0 Å². The standard InChI is InChI=1S/C25H18O3/c1-28-25(27)24-15-20-13-22(17-8-4-2-5-9-17)21(16-26)12-19(20)14-23(24)18-10-6-3-7-11-18/h2-16H,1H3. The van der Waals surface area contributed by atoms with E-state index in [0.717, 1.165) is 39.3 Å². The summed E-state index contributed by atoms with van der Waals surface area (Å²) >= 11 is 0. The van der Waals surface area contributed by atoms with Crippen LogP contribution in [0.1, 0.15) is 20.7 Å². The Bertz CT molecular complexity index is 1160. The molecule has 4 rings (SSSR count). The Kier molecular flexibility index (Phi) is 4.73. The lowest BCUT2D eigenvalue weighted by Gasteiger charge is -2.13. The van der Waals surface area contributed by atoms with Gasteiger partial charge in [0.2, 0.25) is 0 Å². The fraction of sp³-hybridized carbons (Fsp3) is 0.0400. The normalized spacial score (nSPS) is 10.6. The molecule has 136 valence electrons. The average Bonchev–Trinajstić information content (AvgIpc) is 2.77. The summed E-state index contributed by atoms with van der Waals surface area (Å²) in [5, 5.41) is 1.78. The third-order valence-corrected chi connectivity index (χ3v) is 4.85. The molecule has 4 aromatic carbocycles. The number of fused-ring (bicyclic) bond motifs is 1. The topological polar surface area (TPSA) is 43.4 Å². The zero-order valence-corrected chi connectivity index (χ0v) is 15.4. The van der Waals surface area contributed by atoms with Crippen LogP contribution in [-0.2, 0) is 4.74 Å². The lowest BCUT2D eigenvalue weighted by molar-refractivity contribution is 0.0601. The molecule has 0 heterocycles. The van der Waals surface area contributed by atoms with Gasteiger partial charge in [-0.1, -0.05) is 60.7 Å². The zero-order chi connectivity index (χ0) is 19.5. The van der Waals surface area contributed by atoms with Crippen LogP contribution in [0.3, 0.4) is 0 Å². The first-order valence-electron chi connectivity index (χ1n) is 8.97. The molecule has 0 atom stereocenters. The maximum absolute atomic E-state index is 12.5. The Hall–Kier alpha value is -3.72. The number of aldehydes is 1. The lowest BCUT2D eigenvalue weighted by Crippen LogP contribution is -2.04. The number of methoxy groups -OCH3 is 1. The number of carbonyl (C=O) groups is 2. The Morgan fingerprint density at radius 2 is 1.29 bits per heavy atom. The highest BCUT2D eigenvalue weighted by Crippen LogP contribution is 2.33. The van der Waals surface area contributed by atoms with Crippen LogP contribution in [0.5, 0.6) is 0 Å². The van der Waals surface area contributed by atoms with Crippen molar-refractivity contribution >= 4 is 23.0 Å². The van der Waals surface area contributed by atoms with E-state index >= 15 is 0 Å². The van der Waals surface area contributed by atoms with Gasteiger partial charge < -0.3 is 4.74 Å². The van der Waals surface area contributed by atoms with Crippen molar-refractivity contribution in [3.63, 3.8) is 0 Å². The minimum Gasteiger partial charge on any atom is -0.465 e. The summed E-state index contributed by atoms with van der Waals surface area (Å²) in [5.41, 5.74) is 4.61. The van der Waals surface area contributed by atoms with Gasteiger partial charge in [-0.3, -0.25) is 4.79 Å². The van der Waals surface area contributed by atoms with Gasteiger partial charge in [0.25, 0.3) is 0 Å². The van der Waals surface area contributed by atoms with Crippen LogP contribution in [0, 0.1) is 0 Å². The van der Waals surface area contributed by atoms with Gasteiger partial charge in [-0.05, 0) is 57.3 Å². The molecule has 0 aliphatic heterocycles. The van der Waals surface area contributed by atoms with Gasteiger partial charge in [0, 0.05) is 5.56 Å². The van der Waals surface area contributed by atoms with Gasteiger partial charge in [0.1, 0.15) is 0 Å². The number of hydrogen-bond acceptors (Lipinski definition) is 3. The number of esters is 1. The van der Waals surface area contributed by atoms with E-state index in [4.69, 9.17) is 4.74 Å². The summed E-state index contributed by atoms with van der Waals surface area (Å²) in [4.78, 5) is 24.2. The number of rotatable bonds is 4. The van der Waals surface area contributed by atoms with Crippen LogP contribution in [0.15, 0.2) is 84.9 Å². The molecule has 0 unspecified atom stereocenters. The lowest BCUT2D eigenvalue weighted by atomic mass is 9.91. The summed E-state index contributed by atoms with van der Waals surface area (Å²) in [6, 6.07) is 27.0. The average molecular weight is 366 g/mol. The molecule has 0 radical (unpaired) electrons. The van der Waals surface area contributed by atoms with E-state index in [0.29, 0.717) is 11.1 Å². The highest BCUT2D eigenvalue weighted by atomic mass is 16.5. The molecule has 0 spiro atoms. The van der Waals surface area contributed by atoms with Crippen molar-refractivity contribution in [2.24, 2.45) is 0 Å². The number of ether oxygens (including phenoxy) is 1.